The van der Waals surface area contributed by atoms with Crippen LogP contribution >= 0.6 is 23.2 Å². The van der Waals surface area contributed by atoms with Crippen molar-refractivity contribution in [3.8, 4) is 0 Å². The van der Waals surface area contributed by atoms with Crippen molar-refractivity contribution >= 4 is 58.5 Å². The molecule has 0 radical (unpaired) electrons. The lowest BCUT2D eigenvalue weighted by atomic mass is 9.45. The van der Waals surface area contributed by atoms with Crippen LogP contribution < -0.4 is 0 Å². The smallest absolute Gasteiger partial charge is 0.356 e. The quantitative estimate of drug-likeness (QED) is 0.312. The maximum Gasteiger partial charge on any atom is 0.356 e. The van der Waals surface area contributed by atoms with Crippen molar-refractivity contribution in [2.45, 2.75) is 35.6 Å². The first-order chi connectivity index (χ1) is 20.1. The van der Waals surface area contributed by atoms with Crippen molar-refractivity contribution in [3.63, 3.8) is 0 Å². The molecule has 4 aliphatic carbocycles. The zero-order valence-electron chi connectivity index (χ0n) is 22.5. The highest BCUT2D eigenvalue weighted by atomic mass is 35.5. The SMILES string of the molecule is COC(=O)C1=NO[C@]23[C@@H]4C=C(Cl)[C@@H]([C@@H]5C(Cl)=C[C@H]6O[C@H](C(=O)OC)[C@@H]7C(C(=O)OC)=NO[C@]67[C@@H]54)[C@H]2O[C@H](C(=O)OC)[C@H]13. The highest BCUT2D eigenvalue weighted by Gasteiger charge is 2.84. The molecule has 8 aliphatic rings. The van der Waals surface area contributed by atoms with Gasteiger partial charge in [-0.15, -0.1) is 0 Å². The van der Waals surface area contributed by atoms with Crippen molar-refractivity contribution in [3.05, 3.63) is 22.2 Å². The van der Waals surface area contributed by atoms with E-state index in [1.807, 2.05) is 0 Å². The Balaban J connectivity index is 1.43. The maximum atomic E-state index is 13.1. The summed E-state index contributed by atoms with van der Waals surface area (Å²) < 4.78 is 32.5. The number of rotatable bonds is 4. The monoisotopic (exact) mass is 626 g/mol. The molecule has 0 amide bonds. The molecule has 3 fully saturated rings. The molecule has 4 heterocycles. The van der Waals surface area contributed by atoms with Crippen LogP contribution in [0, 0.1) is 35.5 Å². The second-order valence-corrected chi connectivity index (χ2v) is 11.9. The Morgan fingerprint density at radius 3 is 1.83 bits per heavy atom. The molecule has 224 valence electrons. The molecule has 0 aromatic rings. The van der Waals surface area contributed by atoms with Crippen LogP contribution in [0.15, 0.2) is 32.5 Å². The Hall–Kier alpha value is -3.20. The number of allylic oxidation sites excluding steroid dienone is 1. The van der Waals surface area contributed by atoms with E-state index in [1.54, 1.807) is 12.2 Å². The number of nitrogens with zero attached hydrogens (tertiary/aromatic N) is 2. The Labute approximate surface area is 247 Å². The lowest BCUT2D eigenvalue weighted by molar-refractivity contribution is -0.231. The molecule has 1 saturated carbocycles. The van der Waals surface area contributed by atoms with E-state index in [0.717, 1.165) is 0 Å². The number of hydrogen-bond donors (Lipinski definition) is 0. The van der Waals surface area contributed by atoms with E-state index in [4.69, 9.17) is 61.3 Å². The third-order valence-electron chi connectivity index (χ3n) is 9.72. The average Bonchev–Trinajstić information content (AvgIpc) is 3.73. The largest absolute Gasteiger partial charge is 0.467 e. The van der Waals surface area contributed by atoms with Crippen LogP contribution in [-0.4, -0.2) is 99.4 Å². The van der Waals surface area contributed by atoms with Gasteiger partial charge in [-0.25, -0.2) is 19.2 Å². The second kappa shape index (κ2) is 9.15. The summed E-state index contributed by atoms with van der Waals surface area (Å²) in [6, 6.07) is 0. The van der Waals surface area contributed by atoms with Gasteiger partial charge in [-0.3, -0.25) is 0 Å². The zero-order chi connectivity index (χ0) is 29.9. The van der Waals surface area contributed by atoms with Gasteiger partial charge in [0, 0.05) is 33.7 Å². The summed E-state index contributed by atoms with van der Waals surface area (Å²) in [5.74, 6) is -8.24. The van der Waals surface area contributed by atoms with Crippen molar-refractivity contribution in [2.75, 3.05) is 28.4 Å². The molecule has 16 heteroatoms. The molecule has 0 aromatic heterocycles. The predicted molar refractivity (Wildman–Crippen MR) is 137 cm³/mol. The summed E-state index contributed by atoms with van der Waals surface area (Å²) >= 11 is 13.8. The minimum atomic E-state index is -1.51. The van der Waals surface area contributed by atoms with E-state index in [9.17, 15) is 19.2 Å². The first-order valence-corrected chi connectivity index (χ1v) is 13.8. The Bertz CT molecular complexity index is 1440. The number of oxime groups is 2. The molecule has 4 aliphatic heterocycles. The van der Waals surface area contributed by atoms with E-state index in [1.165, 1.54) is 28.4 Å². The van der Waals surface area contributed by atoms with Gasteiger partial charge in [0.05, 0.1) is 40.3 Å². The van der Waals surface area contributed by atoms with Crippen LogP contribution in [0.1, 0.15) is 0 Å². The lowest BCUT2D eigenvalue weighted by Crippen LogP contribution is -2.72. The topological polar surface area (TPSA) is 167 Å². The standard InChI is InChI=1S/C26H24Cl2N2O12/c1-35-21(31)16-14-19(24(34)38-4)40-20-12-8(27)5-7(25(14,20)41-29-16)13-11(12)9(28)6-10-26(13)15(18(39-10)23(33)37-3)17(30-42-26)22(32)36-2/h5-7,10-15,18-20H,1-4H3/t7-,10-,11+,12+,13-,14+,15+,18+,19+,20-,25+,26+/m1/s1. The van der Waals surface area contributed by atoms with Gasteiger partial charge in [-0.2, -0.15) is 0 Å². The summed E-state index contributed by atoms with van der Waals surface area (Å²) in [6.07, 6.45) is -1.18. The molecule has 0 unspecified atom stereocenters. The number of methoxy groups -OCH3 is 4. The van der Waals surface area contributed by atoms with Crippen LogP contribution in [0.25, 0.3) is 0 Å². The molecule has 0 N–H and O–H groups in total. The molecular formula is C26H24Cl2N2O12. The van der Waals surface area contributed by atoms with Gasteiger partial charge in [0.1, 0.15) is 12.2 Å². The van der Waals surface area contributed by atoms with Gasteiger partial charge < -0.3 is 38.1 Å². The van der Waals surface area contributed by atoms with Crippen LogP contribution in [0.2, 0.25) is 0 Å². The molecule has 2 saturated heterocycles. The number of esters is 4. The van der Waals surface area contributed by atoms with Crippen molar-refractivity contribution in [1.82, 2.24) is 0 Å². The van der Waals surface area contributed by atoms with E-state index >= 15 is 0 Å². The highest BCUT2D eigenvalue weighted by molar-refractivity contribution is 6.39. The third-order valence-corrected chi connectivity index (χ3v) is 10.5. The molecule has 2 spiro atoms. The van der Waals surface area contributed by atoms with Gasteiger partial charge >= 0.3 is 23.9 Å². The van der Waals surface area contributed by atoms with Crippen LogP contribution in [-0.2, 0) is 57.3 Å². The fourth-order valence-electron chi connectivity index (χ4n) is 8.33. The predicted octanol–water partition coefficient (Wildman–Crippen LogP) is 0.447. The minimum absolute atomic E-state index is 0.166. The van der Waals surface area contributed by atoms with Crippen molar-refractivity contribution < 1.29 is 57.3 Å². The first-order valence-electron chi connectivity index (χ1n) is 13.0. The van der Waals surface area contributed by atoms with E-state index < -0.39 is 95.0 Å². The third kappa shape index (κ3) is 3.03. The minimum Gasteiger partial charge on any atom is -0.467 e. The number of hydrogen-bond acceptors (Lipinski definition) is 14. The number of halogens is 2. The molecule has 12 atom stereocenters. The normalized spacial score (nSPS) is 44.8. The Kier molecular flexibility index (Phi) is 6.02. The van der Waals surface area contributed by atoms with Crippen molar-refractivity contribution in [2.24, 2.45) is 45.8 Å². The zero-order valence-corrected chi connectivity index (χ0v) is 24.0. The van der Waals surface area contributed by atoms with Gasteiger partial charge in [-0.05, 0) is 6.08 Å². The maximum absolute atomic E-state index is 13.1. The molecule has 42 heavy (non-hydrogen) atoms. The van der Waals surface area contributed by atoms with Crippen LogP contribution in [0.5, 0.6) is 0 Å². The molecule has 14 nitrogen and oxygen atoms in total. The van der Waals surface area contributed by atoms with E-state index in [2.05, 4.69) is 10.3 Å². The summed E-state index contributed by atoms with van der Waals surface area (Å²) in [6.45, 7) is 0. The van der Waals surface area contributed by atoms with Gasteiger partial charge in [0.25, 0.3) is 0 Å². The van der Waals surface area contributed by atoms with Gasteiger partial charge in [0.2, 0.25) is 0 Å². The van der Waals surface area contributed by atoms with Crippen LogP contribution in [0.3, 0.4) is 0 Å². The highest BCUT2D eigenvalue weighted by Crippen LogP contribution is 2.71. The number of carbonyl (C=O) groups is 4. The molecule has 0 aromatic carbocycles. The van der Waals surface area contributed by atoms with E-state index in [-0.39, 0.29) is 11.4 Å². The van der Waals surface area contributed by atoms with Crippen LogP contribution in [0.4, 0.5) is 0 Å². The summed E-state index contributed by atoms with van der Waals surface area (Å²) in [5, 5.41) is 8.93. The van der Waals surface area contributed by atoms with Crippen molar-refractivity contribution in [1.29, 1.82) is 0 Å². The number of ether oxygens (including phenoxy) is 6. The fourth-order valence-corrected chi connectivity index (χ4v) is 9.10. The van der Waals surface area contributed by atoms with E-state index in [0.29, 0.717) is 10.1 Å². The first kappa shape index (κ1) is 27.6. The Morgan fingerprint density at radius 1 is 0.738 bits per heavy atom. The second-order valence-electron chi connectivity index (χ2n) is 11.0. The van der Waals surface area contributed by atoms with Gasteiger partial charge in [0.15, 0.2) is 34.8 Å². The Morgan fingerprint density at radius 2 is 1.26 bits per heavy atom. The summed E-state index contributed by atoms with van der Waals surface area (Å²) in [7, 11) is 4.74. The summed E-state index contributed by atoms with van der Waals surface area (Å²) in [5.41, 5.74) is -3.32. The van der Waals surface area contributed by atoms with Gasteiger partial charge in [-0.1, -0.05) is 39.6 Å². The average molecular weight is 627 g/mol. The fraction of sp³-hybridized carbons (Fsp3) is 0.615. The molecular weight excluding hydrogens is 603 g/mol. The summed E-state index contributed by atoms with van der Waals surface area (Å²) in [4.78, 5) is 64.2. The molecule has 2 bridgehead atoms. The lowest BCUT2D eigenvalue weighted by Gasteiger charge is -2.61. The number of carbonyl (C=O) groups excluding carboxylic acids is 4. The molecule has 8 rings (SSSR count).